The number of hydrogen-bond donors (Lipinski definition) is 1. The van der Waals surface area contributed by atoms with E-state index in [1.165, 1.54) is 12.1 Å². The Morgan fingerprint density at radius 1 is 1.41 bits per heavy atom. The van der Waals surface area contributed by atoms with E-state index in [-0.39, 0.29) is 5.82 Å². The number of hydrogen-bond acceptors (Lipinski definition) is 3. The number of rotatable bonds is 8. The van der Waals surface area contributed by atoms with Crippen LogP contribution in [-0.2, 0) is 15.5 Å². The smallest absolute Gasteiger partial charge is 0.124 e. The summed E-state index contributed by atoms with van der Waals surface area (Å²) >= 11 is 0. The van der Waals surface area contributed by atoms with Crippen molar-refractivity contribution in [2.75, 3.05) is 32.6 Å². The average molecular weight is 259 g/mol. The van der Waals surface area contributed by atoms with Gasteiger partial charge in [0.25, 0.3) is 0 Å². The summed E-state index contributed by atoms with van der Waals surface area (Å²) in [6, 6.07) is 5.96. The van der Waals surface area contributed by atoms with Gasteiger partial charge in [0, 0.05) is 24.3 Å². The highest BCUT2D eigenvalue weighted by molar-refractivity contribution is 7.85. The summed E-state index contributed by atoms with van der Waals surface area (Å²) in [5, 5.41) is 3.17. The average Bonchev–Trinajstić information content (AvgIpc) is 2.33. The van der Waals surface area contributed by atoms with Crippen LogP contribution in [0.15, 0.2) is 29.2 Å². The summed E-state index contributed by atoms with van der Waals surface area (Å²) in [7, 11) is 0.541. The van der Waals surface area contributed by atoms with E-state index in [9.17, 15) is 8.60 Å². The lowest BCUT2D eigenvalue weighted by Gasteiger charge is -2.04. The molecule has 0 radical (unpaired) electrons. The Morgan fingerprint density at radius 2 is 2.24 bits per heavy atom. The molecule has 0 aromatic heterocycles. The van der Waals surface area contributed by atoms with Crippen molar-refractivity contribution in [1.82, 2.24) is 5.32 Å². The SMILES string of the molecule is COCCNCCCS(=O)c1cccc(F)c1. The summed E-state index contributed by atoms with van der Waals surface area (Å²) in [5.41, 5.74) is 0. The second-order valence-electron chi connectivity index (χ2n) is 3.60. The first-order valence-corrected chi connectivity index (χ1v) is 6.89. The monoisotopic (exact) mass is 259 g/mol. The lowest BCUT2D eigenvalue weighted by molar-refractivity contribution is 0.199. The van der Waals surface area contributed by atoms with E-state index in [1.807, 2.05) is 0 Å². The Bertz CT molecular complexity index is 360. The van der Waals surface area contributed by atoms with Gasteiger partial charge in [-0.05, 0) is 31.2 Å². The lowest BCUT2D eigenvalue weighted by Crippen LogP contribution is -2.21. The molecular weight excluding hydrogens is 241 g/mol. The van der Waals surface area contributed by atoms with Gasteiger partial charge in [0.1, 0.15) is 5.82 Å². The maximum absolute atomic E-state index is 12.9. The van der Waals surface area contributed by atoms with Crippen LogP contribution in [0.5, 0.6) is 0 Å². The van der Waals surface area contributed by atoms with Crippen molar-refractivity contribution in [2.45, 2.75) is 11.3 Å². The first-order chi connectivity index (χ1) is 8.24. The molecule has 1 aromatic rings. The van der Waals surface area contributed by atoms with Gasteiger partial charge in [0.05, 0.1) is 17.4 Å². The predicted octanol–water partition coefficient (Wildman–Crippen LogP) is 1.56. The normalized spacial score (nSPS) is 12.6. The van der Waals surface area contributed by atoms with Gasteiger partial charge in [-0.2, -0.15) is 0 Å². The van der Waals surface area contributed by atoms with Crippen LogP contribution in [0.4, 0.5) is 4.39 Å². The summed E-state index contributed by atoms with van der Waals surface area (Å²) in [6.07, 6.45) is 0.798. The van der Waals surface area contributed by atoms with E-state index in [2.05, 4.69) is 5.32 Å². The molecule has 0 saturated carbocycles. The molecule has 0 heterocycles. The minimum atomic E-state index is -1.11. The topological polar surface area (TPSA) is 38.3 Å². The van der Waals surface area contributed by atoms with Gasteiger partial charge in [-0.1, -0.05) is 6.07 Å². The van der Waals surface area contributed by atoms with Crippen LogP contribution in [0.1, 0.15) is 6.42 Å². The number of nitrogens with one attached hydrogen (secondary N) is 1. The number of methoxy groups -OCH3 is 1. The molecule has 0 bridgehead atoms. The van der Waals surface area contributed by atoms with E-state index >= 15 is 0 Å². The minimum Gasteiger partial charge on any atom is -0.383 e. The van der Waals surface area contributed by atoms with Crippen LogP contribution in [-0.4, -0.2) is 36.8 Å². The highest BCUT2D eigenvalue weighted by Crippen LogP contribution is 2.09. The molecule has 0 fully saturated rings. The Labute approximate surface area is 104 Å². The predicted molar refractivity (Wildman–Crippen MR) is 67.0 cm³/mol. The maximum atomic E-state index is 12.9. The standard InChI is InChI=1S/C12H18FNO2S/c1-16-8-7-14-6-3-9-17(15)12-5-2-4-11(13)10-12/h2,4-5,10,14H,3,6-9H2,1H3. The van der Waals surface area contributed by atoms with E-state index in [0.717, 1.165) is 19.5 Å². The molecule has 0 aliphatic rings. The van der Waals surface area contributed by atoms with Crippen molar-refractivity contribution in [1.29, 1.82) is 0 Å². The van der Waals surface area contributed by atoms with Gasteiger partial charge in [0.15, 0.2) is 0 Å². The highest BCUT2D eigenvalue weighted by atomic mass is 32.2. The molecule has 1 rings (SSSR count). The van der Waals surface area contributed by atoms with Gasteiger partial charge in [-0.15, -0.1) is 0 Å². The van der Waals surface area contributed by atoms with Crippen LogP contribution < -0.4 is 5.32 Å². The fraction of sp³-hybridized carbons (Fsp3) is 0.500. The molecule has 0 amide bonds. The van der Waals surface area contributed by atoms with Crippen LogP contribution in [0.25, 0.3) is 0 Å². The molecule has 1 N–H and O–H groups in total. The van der Waals surface area contributed by atoms with Crippen LogP contribution in [0.3, 0.4) is 0 Å². The second-order valence-corrected chi connectivity index (χ2v) is 5.17. The van der Waals surface area contributed by atoms with Crippen molar-refractivity contribution in [3.63, 3.8) is 0 Å². The van der Waals surface area contributed by atoms with E-state index in [4.69, 9.17) is 4.74 Å². The minimum absolute atomic E-state index is 0.339. The van der Waals surface area contributed by atoms with Gasteiger partial charge in [-0.3, -0.25) is 4.21 Å². The highest BCUT2D eigenvalue weighted by Gasteiger charge is 2.04. The van der Waals surface area contributed by atoms with Crippen LogP contribution in [0, 0.1) is 5.82 Å². The first-order valence-electron chi connectivity index (χ1n) is 5.57. The molecule has 0 spiro atoms. The Balaban J connectivity index is 2.21. The molecule has 96 valence electrons. The van der Waals surface area contributed by atoms with Gasteiger partial charge in [0.2, 0.25) is 0 Å². The second kappa shape index (κ2) is 8.33. The summed E-state index contributed by atoms with van der Waals surface area (Å²) in [4.78, 5) is 0.557. The molecule has 3 nitrogen and oxygen atoms in total. The van der Waals surface area contributed by atoms with Gasteiger partial charge >= 0.3 is 0 Å². The third-order valence-electron chi connectivity index (χ3n) is 2.23. The van der Waals surface area contributed by atoms with Gasteiger partial charge < -0.3 is 10.1 Å². The number of ether oxygens (including phenoxy) is 1. The largest absolute Gasteiger partial charge is 0.383 e. The van der Waals surface area contributed by atoms with Crippen LogP contribution in [0.2, 0.25) is 0 Å². The fourth-order valence-corrected chi connectivity index (χ4v) is 2.47. The Morgan fingerprint density at radius 3 is 2.94 bits per heavy atom. The third kappa shape index (κ3) is 5.91. The number of halogens is 1. The van der Waals surface area contributed by atoms with Gasteiger partial charge in [-0.25, -0.2) is 4.39 Å². The van der Waals surface area contributed by atoms with Crippen molar-refractivity contribution in [3.8, 4) is 0 Å². The summed E-state index contributed by atoms with van der Waals surface area (Å²) in [5.74, 6) is 0.206. The fourth-order valence-electron chi connectivity index (χ4n) is 1.35. The molecule has 0 aliphatic carbocycles. The molecule has 17 heavy (non-hydrogen) atoms. The van der Waals surface area contributed by atoms with E-state index < -0.39 is 10.8 Å². The molecule has 1 aromatic carbocycles. The maximum Gasteiger partial charge on any atom is 0.124 e. The number of benzene rings is 1. The molecule has 1 atom stereocenters. The molecule has 1 unspecified atom stereocenters. The molecular formula is C12H18FNO2S. The molecule has 0 aliphatic heterocycles. The van der Waals surface area contributed by atoms with Crippen molar-refractivity contribution < 1.29 is 13.3 Å². The van der Waals surface area contributed by atoms with Crippen molar-refractivity contribution in [2.24, 2.45) is 0 Å². The molecule has 5 heteroatoms. The Kier molecular flexibility index (Phi) is 7.00. The zero-order chi connectivity index (χ0) is 12.5. The van der Waals surface area contributed by atoms with Crippen molar-refractivity contribution >= 4 is 10.8 Å². The molecule has 0 saturated heterocycles. The zero-order valence-electron chi connectivity index (χ0n) is 9.95. The Hall–Kier alpha value is -0.780. The van der Waals surface area contributed by atoms with Crippen LogP contribution >= 0.6 is 0 Å². The lowest BCUT2D eigenvalue weighted by atomic mass is 10.4. The zero-order valence-corrected chi connectivity index (χ0v) is 10.8. The first kappa shape index (κ1) is 14.3. The third-order valence-corrected chi connectivity index (χ3v) is 3.66. The summed E-state index contributed by atoms with van der Waals surface area (Å²) < 4.78 is 29.6. The van der Waals surface area contributed by atoms with Crippen molar-refractivity contribution in [3.05, 3.63) is 30.1 Å². The van der Waals surface area contributed by atoms with E-state index in [1.54, 1.807) is 19.2 Å². The quantitative estimate of drug-likeness (QED) is 0.720. The van der Waals surface area contributed by atoms with E-state index in [0.29, 0.717) is 17.3 Å². The summed E-state index contributed by atoms with van der Waals surface area (Å²) in [6.45, 7) is 2.26.